The van der Waals surface area contributed by atoms with Gasteiger partial charge in [0.25, 0.3) is 0 Å². The molecule has 0 saturated carbocycles. The van der Waals surface area contributed by atoms with Crippen LogP contribution in [0, 0.1) is 0 Å². The van der Waals surface area contributed by atoms with Gasteiger partial charge in [-0.05, 0) is 38.0 Å². The lowest BCUT2D eigenvalue weighted by atomic mass is 9.90. The van der Waals surface area contributed by atoms with Crippen LogP contribution in [-0.2, 0) is 9.53 Å². The van der Waals surface area contributed by atoms with E-state index in [1.165, 1.54) is 11.6 Å². The van der Waals surface area contributed by atoms with Crippen molar-refractivity contribution in [3.05, 3.63) is 41.5 Å². The first-order valence-corrected chi connectivity index (χ1v) is 6.66. The third-order valence-corrected chi connectivity index (χ3v) is 3.02. The van der Waals surface area contributed by atoms with Gasteiger partial charge in [-0.25, -0.2) is 4.79 Å². The van der Waals surface area contributed by atoms with E-state index in [0.29, 0.717) is 5.92 Å². The quantitative estimate of drug-likeness (QED) is 0.670. The Morgan fingerprint density at radius 1 is 1.32 bits per heavy atom. The summed E-state index contributed by atoms with van der Waals surface area (Å²) in [6, 6.07) is 8.19. The molecule has 0 aliphatic carbocycles. The molecule has 102 valence electrons. The number of hydrogen-bond donors (Lipinski definition) is 1. The molecule has 0 radical (unpaired) electrons. The van der Waals surface area contributed by atoms with E-state index in [4.69, 9.17) is 4.74 Å². The Bertz CT molecular complexity index is 482. The molecule has 0 bridgehead atoms. The topological polar surface area (TPSA) is 38.3 Å². The zero-order valence-corrected chi connectivity index (χ0v) is 11.8. The standard InChI is InChI=1S/C16H21NO2/c1-16(2,3)19-15(18)9-8-12-6-4-5-7-14(12)13-10-17-11-13/h4-9,13,17H,10-11H2,1-3H3/b9-8+. The molecule has 2 rings (SSSR count). The normalized spacial score (nSPS) is 16.4. The highest BCUT2D eigenvalue weighted by atomic mass is 16.6. The molecular formula is C16H21NO2. The van der Waals surface area contributed by atoms with Crippen molar-refractivity contribution >= 4 is 12.0 Å². The van der Waals surface area contributed by atoms with Gasteiger partial charge in [0.15, 0.2) is 0 Å². The third kappa shape index (κ3) is 3.93. The van der Waals surface area contributed by atoms with E-state index in [-0.39, 0.29) is 5.97 Å². The minimum Gasteiger partial charge on any atom is -0.457 e. The van der Waals surface area contributed by atoms with Gasteiger partial charge in [0.05, 0.1) is 0 Å². The van der Waals surface area contributed by atoms with Crippen LogP contribution in [0.1, 0.15) is 37.8 Å². The van der Waals surface area contributed by atoms with Gasteiger partial charge in [0, 0.05) is 25.1 Å². The summed E-state index contributed by atoms with van der Waals surface area (Å²) in [5.41, 5.74) is 1.94. The van der Waals surface area contributed by atoms with Crippen molar-refractivity contribution in [2.75, 3.05) is 13.1 Å². The van der Waals surface area contributed by atoms with Gasteiger partial charge in [-0.3, -0.25) is 0 Å². The van der Waals surface area contributed by atoms with Crippen LogP contribution >= 0.6 is 0 Å². The summed E-state index contributed by atoms with van der Waals surface area (Å²) in [6.07, 6.45) is 3.36. The van der Waals surface area contributed by atoms with E-state index >= 15 is 0 Å². The molecule has 1 aromatic carbocycles. The first kappa shape index (κ1) is 13.8. The highest BCUT2D eigenvalue weighted by molar-refractivity contribution is 5.87. The van der Waals surface area contributed by atoms with Crippen molar-refractivity contribution in [3.63, 3.8) is 0 Å². The van der Waals surface area contributed by atoms with Crippen molar-refractivity contribution < 1.29 is 9.53 Å². The fourth-order valence-corrected chi connectivity index (χ4v) is 2.04. The lowest BCUT2D eigenvalue weighted by Crippen LogP contribution is -2.40. The molecule has 3 heteroatoms. The molecule has 0 unspecified atom stereocenters. The summed E-state index contributed by atoms with van der Waals surface area (Å²) < 4.78 is 5.26. The van der Waals surface area contributed by atoms with Gasteiger partial charge < -0.3 is 10.1 Å². The average Bonchev–Trinajstić information content (AvgIpc) is 2.23. The second kappa shape index (κ2) is 5.57. The first-order valence-electron chi connectivity index (χ1n) is 6.66. The van der Waals surface area contributed by atoms with Gasteiger partial charge >= 0.3 is 5.97 Å². The predicted octanol–water partition coefficient (Wildman–Crippen LogP) is 2.73. The van der Waals surface area contributed by atoms with Gasteiger partial charge in [0.2, 0.25) is 0 Å². The number of nitrogens with one attached hydrogen (secondary N) is 1. The monoisotopic (exact) mass is 259 g/mol. The number of rotatable bonds is 3. The summed E-state index contributed by atoms with van der Waals surface area (Å²) in [6.45, 7) is 7.63. The van der Waals surface area contributed by atoms with Crippen LogP contribution in [0.2, 0.25) is 0 Å². The Morgan fingerprint density at radius 3 is 2.58 bits per heavy atom. The Morgan fingerprint density at radius 2 is 2.00 bits per heavy atom. The minimum absolute atomic E-state index is 0.297. The van der Waals surface area contributed by atoms with E-state index in [9.17, 15) is 4.79 Å². The first-order chi connectivity index (χ1) is 8.96. The van der Waals surface area contributed by atoms with Crippen molar-refractivity contribution in [2.24, 2.45) is 0 Å². The maximum atomic E-state index is 11.7. The van der Waals surface area contributed by atoms with Crippen LogP contribution in [-0.4, -0.2) is 24.7 Å². The number of hydrogen-bond acceptors (Lipinski definition) is 3. The number of carbonyl (C=O) groups is 1. The van der Waals surface area contributed by atoms with E-state index in [2.05, 4.69) is 11.4 Å². The average molecular weight is 259 g/mol. The molecule has 0 atom stereocenters. The van der Waals surface area contributed by atoms with Crippen molar-refractivity contribution in [1.29, 1.82) is 0 Å². The third-order valence-electron chi connectivity index (χ3n) is 3.02. The van der Waals surface area contributed by atoms with Gasteiger partial charge in [-0.15, -0.1) is 0 Å². The molecule has 1 heterocycles. The van der Waals surface area contributed by atoms with Crippen LogP contribution in [0.4, 0.5) is 0 Å². The fraction of sp³-hybridized carbons (Fsp3) is 0.438. The van der Waals surface area contributed by atoms with Gasteiger partial charge in [0.1, 0.15) is 5.60 Å². The maximum Gasteiger partial charge on any atom is 0.331 e. The van der Waals surface area contributed by atoms with Crippen LogP contribution < -0.4 is 5.32 Å². The summed E-state index contributed by atoms with van der Waals surface area (Å²) in [5, 5.41) is 3.27. The zero-order valence-electron chi connectivity index (χ0n) is 11.8. The number of carbonyl (C=O) groups excluding carboxylic acids is 1. The second-order valence-electron chi connectivity index (χ2n) is 5.85. The largest absolute Gasteiger partial charge is 0.457 e. The molecule has 1 aromatic rings. The molecule has 3 nitrogen and oxygen atoms in total. The van der Waals surface area contributed by atoms with Crippen LogP contribution in [0.3, 0.4) is 0 Å². The molecule has 1 saturated heterocycles. The van der Waals surface area contributed by atoms with Crippen molar-refractivity contribution in [2.45, 2.75) is 32.3 Å². The van der Waals surface area contributed by atoms with Crippen LogP contribution in [0.5, 0.6) is 0 Å². The molecule has 19 heavy (non-hydrogen) atoms. The molecule has 1 N–H and O–H groups in total. The zero-order chi connectivity index (χ0) is 13.9. The SMILES string of the molecule is CC(C)(C)OC(=O)/C=C/c1ccccc1C1CNC1. The van der Waals surface area contributed by atoms with E-state index < -0.39 is 5.60 Å². The summed E-state index contributed by atoms with van der Waals surface area (Å²) >= 11 is 0. The van der Waals surface area contributed by atoms with E-state index in [0.717, 1.165) is 18.7 Å². The fourth-order valence-electron chi connectivity index (χ4n) is 2.04. The van der Waals surface area contributed by atoms with Gasteiger partial charge in [-0.1, -0.05) is 24.3 Å². The van der Waals surface area contributed by atoms with E-state index in [1.54, 1.807) is 0 Å². The maximum absolute atomic E-state index is 11.7. The van der Waals surface area contributed by atoms with Crippen LogP contribution in [0.25, 0.3) is 6.08 Å². The van der Waals surface area contributed by atoms with Crippen molar-refractivity contribution in [3.8, 4) is 0 Å². The second-order valence-corrected chi connectivity index (χ2v) is 5.85. The molecule has 0 spiro atoms. The smallest absolute Gasteiger partial charge is 0.331 e. The highest BCUT2D eigenvalue weighted by Gasteiger charge is 2.20. The van der Waals surface area contributed by atoms with E-state index in [1.807, 2.05) is 45.0 Å². The summed E-state index contributed by atoms with van der Waals surface area (Å²) in [5.74, 6) is 0.258. The Hall–Kier alpha value is -1.61. The predicted molar refractivity (Wildman–Crippen MR) is 76.9 cm³/mol. The Labute approximate surface area is 114 Å². The van der Waals surface area contributed by atoms with Crippen LogP contribution in [0.15, 0.2) is 30.3 Å². The lowest BCUT2D eigenvalue weighted by molar-refractivity contribution is -0.148. The number of benzene rings is 1. The lowest BCUT2D eigenvalue weighted by Gasteiger charge is -2.28. The summed E-state index contributed by atoms with van der Waals surface area (Å²) in [7, 11) is 0. The van der Waals surface area contributed by atoms with Crippen molar-refractivity contribution in [1.82, 2.24) is 5.32 Å². The Kier molecular flexibility index (Phi) is 4.05. The molecule has 1 fully saturated rings. The molecule has 0 aromatic heterocycles. The molecular weight excluding hydrogens is 238 g/mol. The highest BCUT2D eigenvalue weighted by Crippen LogP contribution is 2.24. The molecule has 1 aliphatic rings. The molecule has 1 aliphatic heterocycles. The number of esters is 1. The minimum atomic E-state index is -0.446. The summed E-state index contributed by atoms with van der Waals surface area (Å²) in [4.78, 5) is 11.7. The Balaban J connectivity index is 2.08. The van der Waals surface area contributed by atoms with Gasteiger partial charge in [-0.2, -0.15) is 0 Å². The number of ether oxygens (including phenoxy) is 1. The molecule has 0 amide bonds.